The first-order valence-corrected chi connectivity index (χ1v) is 10.4. The molecule has 150 valence electrons. The van der Waals surface area contributed by atoms with Crippen LogP contribution in [0.5, 0.6) is 5.75 Å². The Bertz CT molecular complexity index is 815. The molecular formula is C24H27F3O. The lowest BCUT2D eigenvalue weighted by molar-refractivity contribution is -0.0498. The summed E-state index contributed by atoms with van der Waals surface area (Å²) in [6, 6.07) is 9.93. The second kappa shape index (κ2) is 8.18. The standard InChI is InChI=1S/C24H27F3O/c1-2-3-15-4-11-20-17(12-15)5-6-18-13-22(23(25)14-21(18)20)16-7-9-19(10-8-16)28-24(26)27/h7-10,13-15,17,20,24H,2-6,11-12H2,1H3/t15-,17-,20+/m1/s1. The third kappa shape index (κ3) is 3.92. The van der Waals surface area contributed by atoms with Gasteiger partial charge in [-0.2, -0.15) is 8.78 Å². The van der Waals surface area contributed by atoms with E-state index in [0.29, 0.717) is 23.0 Å². The lowest BCUT2D eigenvalue weighted by Gasteiger charge is -2.41. The summed E-state index contributed by atoms with van der Waals surface area (Å²) >= 11 is 0. The molecule has 2 aromatic carbocycles. The zero-order valence-corrected chi connectivity index (χ0v) is 16.3. The van der Waals surface area contributed by atoms with Crippen LogP contribution in [0, 0.1) is 17.7 Å². The Balaban J connectivity index is 1.57. The van der Waals surface area contributed by atoms with Gasteiger partial charge in [0.15, 0.2) is 0 Å². The molecule has 0 aliphatic heterocycles. The van der Waals surface area contributed by atoms with E-state index in [0.717, 1.165) is 12.3 Å². The van der Waals surface area contributed by atoms with Crippen molar-refractivity contribution in [3.63, 3.8) is 0 Å². The van der Waals surface area contributed by atoms with Gasteiger partial charge in [-0.3, -0.25) is 0 Å². The summed E-state index contributed by atoms with van der Waals surface area (Å²) in [6.45, 7) is -0.600. The highest BCUT2D eigenvalue weighted by Crippen LogP contribution is 2.48. The molecule has 1 nitrogen and oxygen atoms in total. The molecule has 2 aliphatic carbocycles. The normalized spacial score (nSPS) is 24.0. The summed E-state index contributed by atoms with van der Waals surface area (Å²) in [5.41, 5.74) is 3.68. The Morgan fingerprint density at radius 3 is 2.57 bits per heavy atom. The SMILES string of the molecule is CCC[C@@H]1CC[C@@H]2c3cc(F)c(-c4ccc(OC(F)F)cc4)cc3CC[C@@H]2C1. The fourth-order valence-corrected chi connectivity index (χ4v) is 5.33. The van der Waals surface area contributed by atoms with Gasteiger partial charge in [0.2, 0.25) is 0 Å². The molecule has 4 rings (SSSR count). The molecule has 0 N–H and O–H groups in total. The molecule has 3 atom stereocenters. The van der Waals surface area contributed by atoms with Crippen molar-refractivity contribution >= 4 is 0 Å². The van der Waals surface area contributed by atoms with Crippen molar-refractivity contribution in [3.8, 4) is 16.9 Å². The van der Waals surface area contributed by atoms with Gasteiger partial charge in [0, 0.05) is 5.56 Å². The minimum atomic E-state index is -2.85. The molecule has 28 heavy (non-hydrogen) atoms. The van der Waals surface area contributed by atoms with Gasteiger partial charge in [0.1, 0.15) is 11.6 Å². The smallest absolute Gasteiger partial charge is 0.387 e. The number of halogens is 3. The average Bonchev–Trinajstić information content (AvgIpc) is 2.68. The van der Waals surface area contributed by atoms with Crippen molar-refractivity contribution in [3.05, 3.63) is 53.3 Å². The van der Waals surface area contributed by atoms with Crippen LogP contribution in [0.3, 0.4) is 0 Å². The van der Waals surface area contributed by atoms with E-state index in [9.17, 15) is 13.2 Å². The quantitative estimate of drug-likeness (QED) is 0.521. The van der Waals surface area contributed by atoms with E-state index in [1.54, 1.807) is 18.2 Å². The molecule has 1 saturated carbocycles. The maximum atomic E-state index is 15.0. The van der Waals surface area contributed by atoms with Crippen molar-refractivity contribution < 1.29 is 17.9 Å². The van der Waals surface area contributed by atoms with Gasteiger partial charge in [-0.15, -0.1) is 0 Å². The number of alkyl halides is 2. The molecular weight excluding hydrogens is 361 g/mol. The van der Waals surface area contributed by atoms with Crippen molar-refractivity contribution in [2.24, 2.45) is 11.8 Å². The minimum Gasteiger partial charge on any atom is -0.435 e. The van der Waals surface area contributed by atoms with Crippen molar-refractivity contribution in [1.82, 2.24) is 0 Å². The molecule has 0 aromatic heterocycles. The van der Waals surface area contributed by atoms with E-state index < -0.39 is 6.61 Å². The summed E-state index contributed by atoms with van der Waals surface area (Å²) in [6.07, 6.45) is 8.45. The Kier molecular flexibility index (Phi) is 5.65. The van der Waals surface area contributed by atoms with Crippen LogP contribution in [0.2, 0.25) is 0 Å². The molecule has 0 unspecified atom stereocenters. The molecule has 2 aromatic rings. The van der Waals surface area contributed by atoms with Gasteiger partial charge >= 0.3 is 6.61 Å². The number of ether oxygens (including phenoxy) is 1. The van der Waals surface area contributed by atoms with Gasteiger partial charge in [-0.05, 0) is 90.8 Å². The highest BCUT2D eigenvalue weighted by Gasteiger charge is 2.35. The average molecular weight is 388 g/mol. The molecule has 4 heteroatoms. The minimum absolute atomic E-state index is 0.0869. The predicted molar refractivity (Wildman–Crippen MR) is 105 cm³/mol. The van der Waals surface area contributed by atoms with Crippen LogP contribution in [-0.2, 0) is 6.42 Å². The van der Waals surface area contributed by atoms with E-state index >= 15 is 0 Å². The van der Waals surface area contributed by atoms with Crippen LogP contribution in [-0.4, -0.2) is 6.61 Å². The molecule has 0 radical (unpaired) electrons. The molecule has 0 spiro atoms. The summed E-state index contributed by atoms with van der Waals surface area (Å²) < 4.78 is 44.0. The van der Waals surface area contributed by atoms with Gasteiger partial charge < -0.3 is 4.74 Å². The topological polar surface area (TPSA) is 9.23 Å². The summed E-state index contributed by atoms with van der Waals surface area (Å²) in [5.74, 6) is 1.88. The van der Waals surface area contributed by atoms with Crippen LogP contribution >= 0.6 is 0 Å². The Morgan fingerprint density at radius 2 is 1.86 bits per heavy atom. The third-order valence-corrected chi connectivity index (χ3v) is 6.59. The summed E-state index contributed by atoms with van der Waals surface area (Å²) in [7, 11) is 0. The van der Waals surface area contributed by atoms with E-state index in [1.807, 2.05) is 6.07 Å². The largest absolute Gasteiger partial charge is 0.435 e. The Hall–Kier alpha value is -1.97. The van der Waals surface area contributed by atoms with Crippen molar-refractivity contribution in [1.29, 1.82) is 0 Å². The van der Waals surface area contributed by atoms with E-state index in [-0.39, 0.29) is 11.6 Å². The molecule has 0 heterocycles. The molecule has 1 fully saturated rings. The highest BCUT2D eigenvalue weighted by molar-refractivity contribution is 5.67. The number of aryl methyl sites for hydroxylation is 1. The fourth-order valence-electron chi connectivity index (χ4n) is 5.33. The number of fused-ring (bicyclic) bond motifs is 3. The fraction of sp³-hybridized carbons (Fsp3) is 0.500. The molecule has 0 amide bonds. The monoisotopic (exact) mass is 388 g/mol. The second-order valence-corrected chi connectivity index (χ2v) is 8.31. The highest BCUT2D eigenvalue weighted by atomic mass is 19.3. The maximum absolute atomic E-state index is 15.0. The van der Waals surface area contributed by atoms with Crippen LogP contribution < -0.4 is 4.74 Å². The van der Waals surface area contributed by atoms with E-state index in [1.165, 1.54) is 61.8 Å². The van der Waals surface area contributed by atoms with E-state index in [2.05, 4.69) is 11.7 Å². The van der Waals surface area contributed by atoms with Gasteiger partial charge in [-0.25, -0.2) is 4.39 Å². The van der Waals surface area contributed by atoms with Gasteiger partial charge in [-0.1, -0.05) is 31.9 Å². The first-order chi connectivity index (χ1) is 13.5. The van der Waals surface area contributed by atoms with Crippen LogP contribution in [0.25, 0.3) is 11.1 Å². The van der Waals surface area contributed by atoms with E-state index in [4.69, 9.17) is 0 Å². The number of hydrogen-bond donors (Lipinski definition) is 0. The second-order valence-electron chi connectivity index (χ2n) is 8.31. The van der Waals surface area contributed by atoms with Gasteiger partial charge in [0.05, 0.1) is 0 Å². The molecule has 0 saturated heterocycles. The lowest BCUT2D eigenvalue weighted by atomic mass is 9.64. The first-order valence-electron chi connectivity index (χ1n) is 10.4. The van der Waals surface area contributed by atoms with Gasteiger partial charge in [0.25, 0.3) is 0 Å². The number of benzene rings is 2. The van der Waals surface area contributed by atoms with Crippen LogP contribution in [0.1, 0.15) is 62.5 Å². The van der Waals surface area contributed by atoms with Crippen LogP contribution in [0.15, 0.2) is 36.4 Å². The molecule has 2 aliphatic rings. The number of hydrogen-bond acceptors (Lipinski definition) is 1. The Morgan fingerprint density at radius 1 is 1.07 bits per heavy atom. The summed E-state index contributed by atoms with van der Waals surface area (Å²) in [4.78, 5) is 0. The first kappa shape index (κ1) is 19.4. The van der Waals surface area contributed by atoms with Crippen molar-refractivity contribution in [2.45, 2.75) is 64.4 Å². The van der Waals surface area contributed by atoms with Crippen LogP contribution in [0.4, 0.5) is 13.2 Å². The summed E-state index contributed by atoms with van der Waals surface area (Å²) in [5, 5.41) is 0. The lowest BCUT2D eigenvalue weighted by Crippen LogP contribution is -2.28. The predicted octanol–water partition coefficient (Wildman–Crippen LogP) is 7.34. The zero-order chi connectivity index (χ0) is 19.7. The van der Waals surface area contributed by atoms with Crippen molar-refractivity contribution in [2.75, 3.05) is 0 Å². The maximum Gasteiger partial charge on any atom is 0.387 e. The Labute approximate surface area is 164 Å². The number of rotatable bonds is 5. The zero-order valence-electron chi connectivity index (χ0n) is 16.3. The third-order valence-electron chi connectivity index (χ3n) is 6.59. The molecule has 0 bridgehead atoms.